The second-order valence-electron chi connectivity index (χ2n) is 4.34. The van der Waals surface area contributed by atoms with Crippen LogP contribution in [0, 0.1) is 5.92 Å². The van der Waals surface area contributed by atoms with Gasteiger partial charge in [-0.3, -0.25) is 14.5 Å². The molecule has 2 rings (SSSR count). The molecule has 0 spiro atoms. The van der Waals surface area contributed by atoms with Gasteiger partial charge in [-0.05, 0) is 12.8 Å². The summed E-state index contributed by atoms with van der Waals surface area (Å²) in [4.78, 5) is 24.1. The summed E-state index contributed by atoms with van der Waals surface area (Å²) >= 11 is 0. The molecule has 1 amide bonds. The van der Waals surface area contributed by atoms with Crippen molar-refractivity contribution in [2.45, 2.75) is 25.3 Å². The van der Waals surface area contributed by atoms with Crippen molar-refractivity contribution in [3.05, 3.63) is 0 Å². The molecule has 15 heavy (non-hydrogen) atoms. The minimum Gasteiger partial charge on any atom is -0.481 e. The number of rotatable bonds is 2. The second kappa shape index (κ2) is 4.18. The molecule has 1 atom stereocenters. The van der Waals surface area contributed by atoms with E-state index in [0.717, 1.165) is 19.4 Å². The highest BCUT2D eigenvalue weighted by Gasteiger charge is 2.37. The summed E-state index contributed by atoms with van der Waals surface area (Å²) in [5, 5.41) is 11.6. The Kier molecular flexibility index (Phi) is 2.90. The quantitative estimate of drug-likeness (QED) is 0.657. The monoisotopic (exact) mass is 212 g/mol. The molecule has 2 aliphatic heterocycles. The van der Waals surface area contributed by atoms with Crippen molar-refractivity contribution >= 4 is 11.9 Å². The van der Waals surface area contributed by atoms with E-state index in [0.29, 0.717) is 19.5 Å². The van der Waals surface area contributed by atoms with Crippen LogP contribution in [-0.4, -0.2) is 47.6 Å². The molecule has 0 aromatic rings. The van der Waals surface area contributed by atoms with E-state index in [1.807, 2.05) is 0 Å². The van der Waals surface area contributed by atoms with Gasteiger partial charge in [0.2, 0.25) is 5.91 Å². The van der Waals surface area contributed by atoms with Gasteiger partial charge in [0.15, 0.2) is 0 Å². The zero-order valence-electron chi connectivity index (χ0n) is 8.61. The molecular weight excluding hydrogens is 196 g/mol. The molecule has 2 fully saturated rings. The van der Waals surface area contributed by atoms with Crippen LogP contribution < -0.4 is 5.32 Å². The molecule has 0 aromatic heterocycles. The highest BCUT2D eigenvalue weighted by molar-refractivity contribution is 5.77. The van der Waals surface area contributed by atoms with Gasteiger partial charge in [0.25, 0.3) is 0 Å². The number of carbonyl (C=O) groups excluding carboxylic acids is 1. The number of carboxylic acid groups (broad SMARTS) is 1. The standard InChI is InChI=1S/C10H16N2O3/c13-9-4-8(2-1-3-11-9)12-5-7(6-12)10(14)15/h7-8H,1-6H2,(H,11,13)(H,14,15). The third-order valence-electron chi connectivity index (χ3n) is 3.23. The van der Waals surface area contributed by atoms with Gasteiger partial charge in [-0.25, -0.2) is 0 Å². The summed E-state index contributed by atoms with van der Waals surface area (Å²) in [7, 11) is 0. The fourth-order valence-electron chi connectivity index (χ4n) is 2.23. The Bertz CT molecular complexity index is 274. The van der Waals surface area contributed by atoms with Crippen LogP contribution in [0.4, 0.5) is 0 Å². The van der Waals surface area contributed by atoms with Crippen molar-refractivity contribution in [3.8, 4) is 0 Å². The maximum atomic E-state index is 11.3. The summed E-state index contributed by atoms with van der Waals surface area (Å²) in [5.74, 6) is -0.850. The summed E-state index contributed by atoms with van der Waals surface area (Å²) in [5.41, 5.74) is 0. The van der Waals surface area contributed by atoms with E-state index in [2.05, 4.69) is 10.2 Å². The van der Waals surface area contributed by atoms with Gasteiger partial charge in [0.05, 0.1) is 5.92 Å². The largest absolute Gasteiger partial charge is 0.481 e. The van der Waals surface area contributed by atoms with E-state index in [1.54, 1.807) is 0 Å². The lowest BCUT2D eigenvalue weighted by Gasteiger charge is -2.41. The maximum Gasteiger partial charge on any atom is 0.309 e. The van der Waals surface area contributed by atoms with Crippen molar-refractivity contribution in [2.24, 2.45) is 5.92 Å². The SMILES string of the molecule is O=C1CC(N2CC(C(=O)O)C2)CCCN1. The lowest BCUT2D eigenvalue weighted by molar-refractivity contribution is -0.148. The van der Waals surface area contributed by atoms with Crippen LogP contribution in [-0.2, 0) is 9.59 Å². The Hall–Kier alpha value is -1.10. The van der Waals surface area contributed by atoms with E-state index < -0.39 is 5.97 Å². The Balaban J connectivity index is 1.84. The molecule has 5 nitrogen and oxygen atoms in total. The van der Waals surface area contributed by atoms with Gasteiger partial charge in [-0.15, -0.1) is 0 Å². The van der Waals surface area contributed by atoms with E-state index >= 15 is 0 Å². The summed E-state index contributed by atoms with van der Waals surface area (Å²) < 4.78 is 0. The van der Waals surface area contributed by atoms with E-state index in [1.165, 1.54) is 0 Å². The number of carboxylic acids is 1. The van der Waals surface area contributed by atoms with Crippen molar-refractivity contribution in [1.29, 1.82) is 0 Å². The normalized spacial score (nSPS) is 29.1. The van der Waals surface area contributed by atoms with Crippen LogP contribution in [0.2, 0.25) is 0 Å². The van der Waals surface area contributed by atoms with E-state index in [9.17, 15) is 9.59 Å². The van der Waals surface area contributed by atoms with Crippen LogP contribution in [0.5, 0.6) is 0 Å². The minimum absolute atomic E-state index is 0.0938. The molecule has 0 radical (unpaired) electrons. The van der Waals surface area contributed by atoms with Crippen molar-refractivity contribution in [2.75, 3.05) is 19.6 Å². The Labute approximate surface area is 88.4 Å². The van der Waals surface area contributed by atoms with Gasteiger partial charge in [0.1, 0.15) is 0 Å². The molecule has 0 aromatic carbocycles. The Morgan fingerprint density at radius 3 is 2.87 bits per heavy atom. The first kappa shape index (κ1) is 10.4. The number of hydrogen-bond donors (Lipinski definition) is 2. The van der Waals surface area contributed by atoms with Gasteiger partial charge < -0.3 is 10.4 Å². The Morgan fingerprint density at radius 1 is 1.47 bits per heavy atom. The van der Waals surface area contributed by atoms with E-state index in [-0.39, 0.29) is 17.9 Å². The third-order valence-corrected chi connectivity index (χ3v) is 3.23. The van der Waals surface area contributed by atoms with Crippen molar-refractivity contribution in [3.63, 3.8) is 0 Å². The predicted octanol–water partition coefficient (Wildman–Crippen LogP) is -0.328. The average Bonchev–Trinajstić information content (AvgIpc) is 2.26. The van der Waals surface area contributed by atoms with Crippen LogP contribution in [0.3, 0.4) is 0 Å². The zero-order chi connectivity index (χ0) is 10.8. The molecule has 5 heteroatoms. The number of carbonyl (C=O) groups is 2. The number of amides is 1. The fraction of sp³-hybridized carbons (Fsp3) is 0.800. The lowest BCUT2D eigenvalue weighted by Crippen LogP contribution is -2.55. The average molecular weight is 212 g/mol. The van der Waals surface area contributed by atoms with Crippen molar-refractivity contribution < 1.29 is 14.7 Å². The molecular formula is C10H16N2O3. The van der Waals surface area contributed by atoms with Gasteiger partial charge in [-0.2, -0.15) is 0 Å². The molecule has 2 heterocycles. The predicted molar refractivity (Wildman–Crippen MR) is 53.3 cm³/mol. The van der Waals surface area contributed by atoms with E-state index in [4.69, 9.17) is 5.11 Å². The summed E-state index contributed by atoms with van der Waals surface area (Å²) in [6, 6.07) is 0.253. The third kappa shape index (κ3) is 2.28. The zero-order valence-corrected chi connectivity index (χ0v) is 8.61. The molecule has 2 aliphatic rings. The summed E-state index contributed by atoms with van der Waals surface area (Å²) in [6.07, 6.45) is 2.50. The molecule has 1 unspecified atom stereocenters. The first-order valence-electron chi connectivity index (χ1n) is 5.40. The van der Waals surface area contributed by atoms with Gasteiger partial charge in [0, 0.05) is 32.1 Å². The molecule has 0 saturated carbocycles. The molecule has 84 valence electrons. The highest BCUT2D eigenvalue weighted by atomic mass is 16.4. The number of likely N-dealkylation sites (tertiary alicyclic amines) is 1. The number of aliphatic carboxylic acids is 1. The van der Waals surface area contributed by atoms with Gasteiger partial charge in [-0.1, -0.05) is 0 Å². The number of nitrogens with zero attached hydrogens (tertiary/aromatic N) is 1. The van der Waals surface area contributed by atoms with Crippen LogP contribution in [0.25, 0.3) is 0 Å². The molecule has 2 saturated heterocycles. The van der Waals surface area contributed by atoms with Crippen LogP contribution >= 0.6 is 0 Å². The Morgan fingerprint density at radius 2 is 2.20 bits per heavy atom. The number of nitrogens with one attached hydrogen (secondary N) is 1. The minimum atomic E-state index is -0.718. The molecule has 2 N–H and O–H groups in total. The van der Waals surface area contributed by atoms with Gasteiger partial charge >= 0.3 is 5.97 Å². The molecule has 0 bridgehead atoms. The first-order chi connectivity index (χ1) is 7.16. The first-order valence-corrected chi connectivity index (χ1v) is 5.40. The van der Waals surface area contributed by atoms with Crippen LogP contribution in [0.1, 0.15) is 19.3 Å². The molecule has 0 aliphatic carbocycles. The topological polar surface area (TPSA) is 69.6 Å². The lowest BCUT2D eigenvalue weighted by atomic mass is 9.95. The van der Waals surface area contributed by atoms with Crippen molar-refractivity contribution in [1.82, 2.24) is 10.2 Å². The highest BCUT2D eigenvalue weighted by Crippen LogP contribution is 2.24. The smallest absolute Gasteiger partial charge is 0.309 e. The second-order valence-corrected chi connectivity index (χ2v) is 4.34. The fourth-order valence-corrected chi connectivity index (χ4v) is 2.23. The van der Waals surface area contributed by atoms with Crippen LogP contribution in [0.15, 0.2) is 0 Å². The maximum absolute atomic E-state index is 11.3. The summed E-state index contributed by atoms with van der Waals surface area (Å²) in [6.45, 7) is 1.96. The number of hydrogen-bond acceptors (Lipinski definition) is 3.